The van der Waals surface area contributed by atoms with E-state index in [0.717, 1.165) is 45.2 Å². The molecule has 26 heavy (non-hydrogen) atoms. The Bertz CT molecular complexity index is 538. The van der Waals surface area contributed by atoms with Crippen molar-refractivity contribution in [1.82, 2.24) is 20.4 Å². The third kappa shape index (κ3) is 7.04. The average Bonchev–Trinajstić information content (AvgIpc) is 2.63. The number of piperazine rings is 1. The predicted molar refractivity (Wildman–Crippen MR) is 123 cm³/mol. The van der Waals surface area contributed by atoms with Crippen LogP contribution in [0, 0.1) is 0 Å². The van der Waals surface area contributed by atoms with Gasteiger partial charge in [0.15, 0.2) is 5.96 Å². The van der Waals surface area contributed by atoms with Crippen LogP contribution in [0.15, 0.2) is 35.3 Å². The van der Waals surface area contributed by atoms with Gasteiger partial charge in [0.2, 0.25) is 0 Å². The molecule has 1 aliphatic heterocycles. The molecule has 1 saturated heterocycles. The van der Waals surface area contributed by atoms with Gasteiger partial charge in [-0.3, -0.25) is 9.89 Å². The van der Waals surface area contributed by atoms with Crippen molar-refractivity contribution in [1.29, 1.82) is 0 Å². The van der Waals surface area contributed by atoms with E-state index in [9.17, 15) is 0 Å². The summed E-state index contributed by atoms with van der Waals surface area (Å²) in [6.45, 7) is 13.2. The Hall–Kier alpha value is -0.860. The van der Waals surface area contributed by atoms with Crippen LogP contribution in [-0.2, 0) is 5.41 Å². The van der Waals surface area contributed by atoms with Gasteiger partial charge in [0.25, 0.3) is 0 Å². The first-order valence-electron chi connectivity index (χ1n) is 9.35. The van der Waals surface area contributed by atoms with E-state index in [4.69, 9.17) is 0 Å². The van der Waals surface area contributed by atoms with Crippen molar-refractivity contribution in [3.05, 3.63) is 35.9 Å². The fourth-order valence-electron chi connectivity index (χ4n) is 3.15. The van der Waals surface area contributed by atoms with Crippen LogP contribution in [0.1, 0.15) is 26.3 Å². The summed E-state index contributed by atoms with van der Waals surface area (Å²) < 4.78 is 0. The molecule has 0 spiro atoms. The molecule has 6 heteroatoms. The van der Waals surface area contributed by atoms with Crippen molar-refractivity contribution in [3.8, 4) is 0 Å². The minimum absolute atomic E-state index is 0. The highest BCUT2D eigenvalue weighted by molar-refractivity contribution is 14.0. The van der Waals surface area contributed by atoms with Crippen LogP contribution in [0.4, 0.5) is 0 Å². The van der Waals surface area contributed by atoms with Crippen molar-refractivity contribution < 1.29 is 0 Å². The highest BCUT2D eigenvalue weighted by Gasteiger charge is 2.22. The first-order chi connectivity index (χ1) is 11.9. The Labute approximate surface area is 176 Å². The Morgan fingerprint density at radius 3 is 2.31 bits per heavy atom. The van der Waals surface area contributed by atoms with Gasteiger partial charge < -0.3 is 15.5 Å². The van der Waals surface area contributed by atoms with Crippen molar-refractivity contribution in [2.75, 3.05) is 53.4 Å². The van der Waals surface area contributed by atoms with Crippen LogP contribution in [0.25, 0.3) is 0 Å². The molecule has 1 atom stereocenters. The summed E-state index contributed by atoms with van der Waals surface area (Å²) in [6, 6.07) is 11.1. The standard InChI is InChI=1S/C20H35N5.HI/c1-17(25-13-11-24(5)12-14-25)15-22-19(21-4)23-16-20(2,3)18-9-7-6-8-10-18;/h6-10,17H,11-16H2,1-5H3,(H2,21,22,23);1H. The Kier molecular flexibility index (Phi) is 9.89. The van der Waals surface area contributed by atoms with Crippen molar-refractivity contribution >= 4 is 29.9 Å². The number of aliphatic imine (C=N–C) groups is 1. The first-order valence-corrected chi connectivity index (χ1v) is 9.35. The second kappa shape index (κ2) is 11.1. The molecule has 1 heterocycles. The molecule has 0 aliphatic carbocycles. The predicted octanol–water partition coefficient (Wildman–Crippen LogP) is 2.38. The van der Waals surface area contributed by atoms with Crippen LogP contribution in [-0.4, -0.2) is 75.2 Å². The molecule has 0 radical (unpaired) electrons. The summed E-state index contributed by atoms with van der Waals surface area (Å²) in [4.78, 5) is 9.32. The van der Waals surface area contributed by atoms with Gasteiger partial charge >= 0.3 is 0 Å². The third-order valence-corrected chi connectivity index (χ3v) is 5.20. The summed E-state index contributed by atoms with van der Waals surface area (Å²) in [5.74, 6) is 0.880. The van der Waals surface area contributed by atoms with Crippen LogP contribution in [0.5, 0.6) is 0 Å². The van der Waals surface area contributed by atoms with E-state index in [2.05, 4.69) is 83.6 Å². The summed E-state index contributed by atoms with van der Waals surface area (Å²) in [5, 5.41) is 6.97. The van der Waals surface area contributed by atoms with Crippen LogP contribution >= 0.6 is 24.0 Å². The molecule has 2 rings (SSSR count). The van der Waals surface area contributed by atoms with Gasteiger partial charge in [-0.25, -0.2) is 0 Å². The first kappa shape index (κ1) is 23.2. The van der Waals surface area contributed by atoms with Gasteiger partial charge in [-0.15, -0.1) is 24.0 Å². The van der Waals surface area contributed by atoms with E-state index in [1.54, 1.807) is 0 Å². The molecule has 2 N–H and O–H groups in total. The molecule has 1 unspecified atom stereocenters. The number of hydrogen-bond donors (Lipinski definition) is 2. The molecule has 1 aromatic rings. The second-order valence-corrected chi connectivity index (χ2v) is 7.74. The summed E-state index contributed by atoms with van der Waals surface area (Å²) in [5.41, 5.74) is 1.39. The number of benzene rings is 1. The largest absolute Gasteiger partial charge is 0.356 e. The molecular weight excluding hydrogens is 437 g/mol. The molecule has 5 nitrogen and oxygen atoms in total. The summed E-state index contributed by atoms with van der Waals surface area (Å²) in [7, 11) is 4.03. The number of rotatable bonds is 6. The van der Waals surface area contributed by atoms with Crippen LogP contribution in [0.3, 0.4) is 0 Å². The quantitative estimate of drug-likeness (QED) is 0.379. The zero-order valence-corrected chi connectivity index (χ0v) is 19.3. The van der Waals surface area contributed by atoms with E-state index in [1.165, 1.54) is 5.56 Å². The van der Waals surface area contributed by atoms with Gasteiger partial charge in [0.05, 0.1) is 0 Å². The highest BCUT2D eigenvalue weighted by Crippen LogP contribution is 2.21. The second-order valence-electron chi connectivity index (χ2n) is 7.74. The zero-order valence-electron chi connectivity index (χ0n) is 17.0. The van der Waals surface area contributed by atoms with Crippen molar-refractivity contribution in [2.45, 2.75) is 32.2 Å². The summed E-state index contributed by atoms with van der Waals surface area (Å²) in [6.07, 6.45) is 0. The van der Waals surface area contributed by atoms with Gasteiger partial charge in [-0.1, -0.05) is 44.2 Å². The fraction of sp³-hybridized carbons (Fsp3) is 0.650. The fourth-order valence-corrected chi connectivity index (χ4v) is 3.15. The lowest BCUT2D eigenvalue weighted by atomic mass is 9.85. The van der Waals surface area contributed by atoms with E-state index < -0.39 is 0 Å². The SMILES string of the molecule is CN=C(NCC(C)N1CCN(C)CC1)NCC(C)(C)c1ccccc1.I. The lowest BCUT2D eigenvalue weighted by Gasteiger charge is -2.36. The number of hydrogen-bond acceptors (Lipinski definition) is 3. The van der Waals surface area contributed by atoms with E-state index in [0.29, 0.717) is 6.04 Å². The normalized spacial score (nSPS) is 18.1. The molecule has 0 aromatic heterocycles. The van der Waals surface area contributed by atoms with Gasteiger partial charge in [-0.2, -0.15) is 0 Å². The number of nitrogens with one attached hydrogen (secondary N) is 2. The molecular formula is C20H36IN5. The van der Waals surface area contributed by atoms with Gasteiger partial charge in [0, 0.05) is 57.8 Å². The van der Waals surface area contributed by atoms with Gasteiger partial charge in [-0.05, 0) is 19.5 Å². The number of guanidine groups is 1. The molecule has 0 amide bonds. The van der Waals surface area contributed by atoms with Crippen molar-refractivity contribution in [3.63, 3.8) is 0 Å². The smallest absolute Gasteiger partial charge is 0.191 e. The molecule has 0 bridgehead atoms. The molecule has 1 aromatic carbocycles. The number of likely N-dealkylation sites (N-methyl/N-ethyl adjacent to an activating group) is 1. The molecule has 0 saturated carbocycles. The summed E-state index contributed by atoms with van der Waals surface area (Å²) >= 11 is 0. The molecule has 1 aliphatic rings. The third-order valence-electron chi connectivity index (χ3n) is 5.20. The topological polar surface area (TPSA) is 42.9 Å². The Morgan fingerprint density at radius 2 is 1.73 bits per heavy atom. The highest BCUT2D eigenvalue weighted by atomic mass is 127. The van der Waals surface area contributed by atoms with Gasteiger partial charge in [0.1, 0.15) is 0 Å². The minimum Gasteiger partial charge on any atom is -0.356 e. The number of nitrogens with zero attached hydrogens (tertiary/aromatic N) is 3. The van der Waals surface area contributed by atoms with E-state index >= 15 is 0 Å². The average molecular weight is 473 g/mol. The molecule has 1 fully saturated rings. The Balaban J connectivity index is 0.00000338. The maximum absolute atomic E-state index is 4.38. The minimum atomic E-state index is 0. The van der Waals surface area contributed by atoms with E-state index in [-0.39, 0.29) is 29.4 Å². The lowest BCUT2D eigenvalue weighted by Crippen LogP contribution is -2.52. The van der Waals surface area contributed by atoms with Crippen LogP contribution < -0.4 is 10.6 Å². The van der Waals surface area contributed by atoms with Crippen LogP contribution in [0.2, 0.25) is 0 Å². The van der Waals surface area contributed by atoms with Crippen molar-refractivity contribution in [2.24, 2.45) is 4.99 Å². The maximum Gasteiger partial charge on any atom is 0.191 e. The lowest BCUT2D eigenvalue weighted by molar-refractivity contribution is 0.120. The number of halogens is 1. The zero-order chi connectivity index (χ0) is 18.3. The molecule has 148 valence electrons. The van der Waals surface area contributed by atoms with E-state index in [1.807, 2.05) is 7.05 Å². The Morgan fingerprint density at radius 1 is 1.12 bits per heavy atom. The maximum atomic E-state index is 4.38. The monoisotopic (exact) mass is 473 g/mol.